The van der Waals surface area contributed by atoms with Crippen molar-refractivity contribution in [3.05, 3.63) is 48.0 Å². The molecule has 0 aliphatic rings. The van der Waals surface area contributed by atoms with Gasteiger partial charge in [0.25, 0.3) is 0 Å². The molecule has 0 spiro atoms. The predicted molar refractivity (Wildman–Crippen MR) is 92.7 cm³/mol. The normalized spacial score (nSPS) is 13.0. The highest BCUT2D eigenvalue weighted by molar-refractivity contribution is 5.87. The van der Waals surface area contributed by atoms with Gasteiger partial charge in [0.1, 0.15) is 5.75 Å². The van der Waals surface area contributed by atoms with Gasteiger partial charge in [0.05, 0.1) is 18.9 Å². The van der Waals surface area contributed by atoms with E-state index in [-0.39, 0.29) is 24.2 Å². The Bertz CT molecular complexity index is 685. The zero-order valence-electron chi connectivity index (χ0n) is 14.0. The molecule has 1 heterocycles. The lowest BCUT2D eigenvalue weighted by molar-refractivity contribution is -0.127. The van der Waals surface area contributed by atoms with Crippen LogP contribution in [0.3, 0.4) is 0 Å². The van der Waals surface area contributed by atoms with Gasteiger partial charge in [0.2, 0.25) is 11.8 Å². The van der Waals surface area contributed by atoms with Crippen molar-refractivity contribution < 1.29 is 14.7 Å². The quantitative estimate of drug-likeness (QED) is 0.454. The van der Waals surface area contributed by atoms with Gasteiger partial charge in [-0.15, -0.1) is 0 Å². The van der Waals surface area contributed by atoms with Crippen molar-refractivity contribution in [2.75, 3.05) is 6.54 Å². The number of hydrogen-bond donors (Lipinski definition) is 5. The number of nitrogens with two attached hydrogens (primary N) is 1. The molecule has 134 valence electrons. The minimum Gasteiger partial charge on any atom is -0.508 e. The minimum absolute atomic E-state index is 0.0875. The van der Waals surface area contributed by atoms with Crippen molar-refractivity contribution in [1.29, 1.82) is 0 Å². The summed E-state index contributed by atoms with van der Waals surface area (Å²) in [7, 11) is 0. The SMILES string of the molecule is CC(Cc1cnc[nH]1)NC(=O)CNC(=O)C(N)Cc1ccc(O)cc1. The van der Waals surface area contributed by atoms with Crippen LogP contribution in [-0.2, 0) is 22.4 Å². The monoisotopic (exact) mass is 345 g/mol. The van der Waals surface area contributed by atoms with E-state index in [1.54, 1.807) is 24.7 Å². The average molecular weight is 345 g/mol. The van der Waals surface area contributed by atoms with Gasteiger partial charge in [-0.1, -0.05) is 12.1 Å². The molecule has 2 atom stereocenters. The number of phenolic OH excluding ortho intramolecular Hbond substituents is 1. The van der Waals surface area contributed by atoms with Gasteiger partial charge in [-0.05, 0) is 31.0 Å². The van der Waals surface area contributed by atoms with E-state index in [1.165, 1.54) is 12.1 Å². The summed E-state index contributed by atoms with van der Waals surface area (Å²) in [6, 6.07) is 5.62. The highest BCUT2D eigenvalue weighted by Gasteiger charge is 2.16. The van der Waals surface area contributed by atoms with Crippen molar-refractivity contribution in [1.82, 2.24) is 20.6 Å². The first-order valence-electron chi connectivity index (χ1n) is 8.02. The molecule has 2 rings (SSSR count). The zero-order valence-corrected chi connectivity index (χ0v) is 14.0. The topological polar surface area (TPSA) is 133 Å². The Labute approximate surface area is 145 Å². The zero-order chi connectivity index (χ0) is 18.2. The summed E-state index contributed by atoms with van der Waals surface area (Å²) in [5.41, 5.74) is 7.60. The lowest BCUT2D eigenvalue weighted by atomic mass is 10.1. The molecule has 6 N–H and O–H groups in total. The molecule has 0 aliphatic carbocycles. The van der Waals surface area contributed by atoms with Gasteiger partial charge in [-0.25, -0.2) is 4.98 Å². The molecule has 0 saturated heterocycles. The minimum atomic E-state index is -0.764. The van der Waals surface area contributed by atoms with Crippen molar-refractivity contribution in [3.8, 4) is 5.75 Å². The maximum atomic E-state index is 12.0. The van der Waals surface area contributed by atoms with Gasteiger partial charge in [-0.2, -0.15) is 0 Å². The summed E-state index contributed by atoms with van der Waals surface area (Å²) < 4.78 is 0. The van der Waals surface area contributed by atoms with Crippen molar-refractivity contribution in [2.45, 2.75) is 31.8 Å². The van der Waals surface area contributed by atoms with E-state index in [2.05, 4.69) is 20.6 Å². The molecule has 0 bridgehead atoms. The van der Waals surface area contributed by atoms with Crippen LogP contribution in [0.25, 0.3) is 0 Å². The standard InChI is InChI=1S/C17H23N5O3/c1-11(6-13-8-19-10-21-13)22-16(24)9-20-17(25)15(18)7-12-2-4-14(23)5-3-12/h2-5,8,10-11,15,23H,6-7,9,18H2,1H3,(H,19,21)(H,20,25)(H,22,24). The molecule has 1 aromatic heterocycles. The Kier molecular flexibility index (Phi) is 6.53. The summed E-state index contributed by atoms with van der Waals surface area (Å²) in [4.78, 5) is 30.8. The third-order valence-corrected chi connectivity index (χ3v) is 3.64. The number of nitrogens with zero attached hydrogens (tertiary/aromatic N) is 1. The second-order valence-electron chi connectivity index (χ2n) is 5.94. The second kappa shape index (κ2) is 8.84. The van der Waals surface area contributed by atoms with Crippen LogP contribution in [-0.4, -0.2) is 45.5 Å². The number of hydrogen-bond acceptors (Lipinski definition) is 5. The molecule has 0 fully saturated rings. The third-order valence-electron chi connectivity index (χ3n) is 3.64. The van der Waals surface area contributed by atoms with Gasteiger partial charge in [0, 0.05) is 24.4 Å². The Morgan fingerprint density at radius 1 is 1.28 bits per heavy atom. The number of carbonyl (C=O) groups is 2. The summed E-state index contributed by atoms with van der Waals surface area (Å²) in [6.45, 7) is 1.74. The largest absolute Gasteiger partial charge is 0.508 e. The number of nitrogens with one attached hydrogen (secondary N) is 3. The fourth-order valence-corrected chi connectivity index (χ4v) is 2.38. The van der Waals surface area contributed by atoms with Crippen LogP contribution in [0.1, 0.15) is 18.2 Å². The average Bonchev–Trinajstić information content (AvgIpc) is 3.07. The number of aromatic hydroxyl groups is 1. The van der Waals surface area contributed by atoms with Crippen LogP contribution < -0.4 is 16.4 Å². The summed E-state index contributed by atoms with van der Waals surface area (Å²) in [5, 5.41) is 14.6. The molecule has 2 unspecified atom stereocenters. The number of phenols is 1. The number of rotatable bonds is 8. The molecule has 25 heavy (non-hydrogen) atoms. The summed E-state index contributed by atoms with van der Waals surface area (Å²) in [6.07, 6.45) is 4.23. The molecule has 8 nitrogen and oxygen atoms in total. The first-order valence-corrected chi connectivity index (χ1v) is 8.02. The van der Waals surface area contributed by atoms with Crippen LogP contribution >= 0.6 is 0 Å². The maximum Gasteiger partial charge on any atom is 0.239 e. The molecule has 0 radical (unpaired) electrons. The fraction of sp³-hybridized carbons (Fsp3) is 0.353. The Balaban J connectivity index is 1.70. The number of aromatic nitrogens is 2. The first-order chi connectivity index (χ1) is 11.9. The molecular formula is C17H23N5O3. The molecule has 8 heteroatoms. The Morgan fingerprint density at radius 3 is 2.64 bits per heavy atom. The Hall–Kier alpha value is -2.87. The van der Waals surface area contributed by atoms with Gasteiger partial charge in [0.15, 0.2) is 0 Å². The van der Waals surface area contributed by atoms with Crippen molar-refractivity contribution >= 4 is 11.8 Å². The lowest BCUT2D eigenvalue weighted by Crippen LogP contribution is -2.47. The highest BCUT2D eigenvalue weighted by Crippen LogP contribution is 2.10. The molecule has 1 aromatic carbocycles. The van der Waals surface area contributed by atoms with Crippen LogP contribution in [0.2, 0.25) is 0 Å². The number of H-pyrrole nitrogens is 1. The number of amides is 2. The van der Waals surface area contributed by atoms with Crippen LogP contribution in [0.5, 0.6) is 5.75 Å². The van der Waals surface area contributed by atoms with Gasteiger partial charge >= 0.3 is 0 Å². The molecular weight excluding hydrogens is 322 g/mol. The fourth-order valence-electron chi connectivity index (χ4n) is 2.38. The van der Waals surface area contributed by atoms with E-state index in [9.17, 15) is 14.7 Å². The van der Waals surface area contributed by atoms with Gasteiger partial charge in [-0.3, -0.25) is 9.59 Å². The molecule has 0 saturated carbocycles. The number of benzene rings is 1. The van der Waals surface area contributed by atoms with Gasteiger partial charge < -0.3 is 26.5 Å². The van der Waals surface area contributed by atoms with Crippen LogP contribution in [0, 0.1) is 0 Å². The molecule has 0 aliphatic heterocycles. The third kappa shape index (κ3) is 6.27. The van der Waals surface area contributed by atoms with E-state index in [4.69, 9.17) is 5.73 Å². The van der Waals surface area contributed by atoms with Crippen LogP contribution in [0.15, 0.2) is 36.8 Å². The highest BCUT2D eigenvalue weighted by atomic mass is 16.3. The van der Waals surface area contributed by atoms with E-state index < -0.39 is 11.9 Å². The smallest absolute Gasteiger partial charge is 0.239 e. The van der Waals surface area contributed by atoms with E-state index in [0.29, 0.717) is 12.8 Å². The first kappa shape index (κ1) is 18.5. The molecule has 2 amide bonds. The van der Waals surface area contributed by atoms with Crippen molar-refractivity contribution in [3.63, 3.8) is 0 Å². The van der Waals surface area contributed by atoms with Crippen molar-refractivity contribution in [2.24, 2.45) is 5.73 Å². The summed E-state index contributed by atoms with van der Waals surface area (Å²) >= 11 is 0. The number of imidazole rings is 1. The lowest BCUT2D eigenvalue weighted by Gasteiger charge is -2.15. The molecule has 2 aromatic rings. The predicted octanol–water partition coefficient (Wildman–Crippen LogP) is -0.151. The number of aromatic amines is 1. The van der Waals surface area contributed by atoms with Crippen LogP contribution in [0.4, 0.5) is 0 Å². The van der Waals surface area contributed by atoms with E-state index in [0.717, 1.165) is 11.3 Å². The van der Waals surface area contributed by atoms with E-state index in [1.807, 2.05) is 6.92 Å². The Morgan fingerprint density at radius 2 is 2.00 bits per heavy atom. The van der Waals surface area contributed by atoms with E-state index >= 15 is 0 Å². The number of carbonyl (C=O) groups excluding carboxylic acids is 2. The maximum absolute atomic E-state index is 12.0. The second-order valence-corrected chi connectivity index (χ2v) is 5.94. The summed E-state index contributed by atoms with van der Waals surface area (Å²) in [5.74, 6) is -0.524.